The van der Waals surface area contributed by atoms with Gasteiger partial charge in [-0.05, 0) is 34.1 Å². The molecule has 0 saturated heterocycles. The van der Waals surface area contributed by atoms with Gasteiger partial charge in [0.25, 0.3) is 0 Å². The standard InChI is InChI=1S/C13H26N2O3/c1-6-18-11-7-10(12(11)17-5)15-9(4)13(16)14-8(2)3/h8-12,15H,6-7H2,1-5H3,(H,14,16). The molecule has 4 unspecified atom stereocenters. The van der Waals surface area contributed by atoms with Crippen LogP contribution in [-0.4, -0.2) is 50.0 Å². The Bertz CT molecular complexity index is 271. The molecule has 0 radical (unpaired) electrons. The molecule has 1 fully saturated rings. The third-order valence-corrected chi connectivity index (χ3v) is 3.19. The minimum atomic E-state index is -0.211. The van der Waals surface area contributed by atoms with Crippen LogP contribution >= 0.6 is 0 Å². The van der Waals surface area contributed by atoms with Gasteiger partial charge in [-0.2, -0.15) is 0 Å². The molecule has 1 amide bonds. The van der Waals surface area contributed by atoms with E-state index in [0.29, 0.717) is 6.61 Å². The van der Waals surface area contributed by atoms with Gasteiger partial charge in [0, 0.05) is 25.8 Å². The predicted molar refractivity (Wildman–Crippen MR) is 70.5 cm³/mol. The topological polar surface area (TPSA) is 59.6 Å². The Labute approximate surface area is 110 Å². The smallest absolute Gasteiger partial charge is 0.237 e. The van der Waals surface area contributed by atoms with Gasteiger partial charge in [0.05, 0.1) is 18.2 Å². The van der Waals surface area contributed by atoms with Crippen LogP contribution in [-0.2, 0) is 14.3 Å². The summed E-state index contributed by atoms with van der Waals surface area (Å²) < 4.78 is 11.0. The minimum absolute atomic E-state index is 0.0275. The average molecular weight is 258 g/mol. The van der Waals surface area contributed by atoms with Gasteiger partial charge in [-0.1, -0.05) is 0 Å². The van der Waals surface area contributed by atoms with Crippen molar-refractivity contribution in [3.63, 3.8) is 0 Å². The Balaban J connectivity index is 2.37. The molecule has 5 nitrogen and oxygen atoms in total. The number of ether oxygens (including phenoxy) is 2. The zero-order chi connectivity index (χ0) is 13.7. The van der Waals surface area contributed by atoms with E-state index in [-0.39, 0.29) is 36.2 Å². The number of hydrogen-bond acceptors (Lipinski definition) is 4. The maximum absolute atomic E-state index is 11.8. The van der Waals surface area contributed by atoms with E-state index in [1.807, 2.05) is 27.7 Å². The van der Waals surface area contributed by atoms with E-state index in [1.54, 1.807) is 7.11 Å². The van der Waals surface area contributed by atoms with Gasteiger partial charge in [-0.3, -0.25) is 4.79 Å². The summed E-state index contributed by atoms with van der Waals surface area (Å²) in [6.45, 7) is 8.46. The number of amides is 1. The molecule has 18 heavy (non-hydrogen) atoms. The van der Waals surface area contributed by atoms with Crippen LogP contribution in [0.3, 0.4) is 0 Å². The first-order valence-electron chi connectivity index (χ1n) is 6.70. The van der Waals surface area contributed by atoms with Crippen LogP contribution in [0, 0.1) is 0 Å². The van der Waals surface area contributed by atoms with Crippen molar-refractivity contribution in [2.75, 3.05) is 13.7 Å². The van der Waals surface area contributed by atoms with E-state index < -0.39 is 0 Å². The van der Waals surface area contributed by atoms with E-state index in [0.717, 1.165) is 6.42 Å². The number of methoxy groups -OCH3 is 1. The number of nitrogens with one attached hydrogen (secondary N) is 2. The summed E-state index contributed by atoms with van der Waals surface area (Å²) in [5.41, 5.74) is 0. The SMILES string of the molecule is CCOC1CC(NC(C)C(=O)NC(C)C)C1OC. The van der Waals surface area contributed by atoms with E-state index in [9.17, 15) is 4.79 Å². The molecule has 0 heterocycles. The van der Waals surface area contributed by atoms with Gasteiger partial charge >= 0.3 is 0 Å². The first-order chi connectivity index (χ1) is 8.49. The van der Waals surface area contributed by atoms with Crippen LogP contribution in [0.2, 0.25) is 0 Å². The second-order valence-electron chi connectivity index (χ2n) is 5.09. The fraction of sp³-hybridized carbons (Fsp3) is 0.923. The van der Waals surface area contributed by atoms with Gasteiger partial charge in [0.2, 0.25) is 5.91 Å². The van der Waals surface area contributed by atoms with Crippen molar-refractivity contribution in [2.45, 2.75) is 64.4 Å². The van der Waals surface area contributed by atoms with Crippen molar-refractivity contribution in [2.24, 2.45) is 0 Å². The molecular weight excluding hydrogens is 232 g/mol. The van der Waals surface area contributed by atoms with E-state index in [4.69, 9.17) is 9.47 Å². The maximum Gasteiger partial charge on any atom is 0.237 e. The van der Waals surface area contributed by atoms with Crippen molar-refractivity contribution in [1.29, 1.82) is 0 Å². The van der Waals surface area contributed by atoms with Crippen molar-refractivity contribution in [3.05, 3.63) is 0 Å². The molecule has 1 aliphatic rings. The summed E-state index contributed by atoms with van der Waals surface area (Å²) >= 11 is 0. The van der Waals surface area contributed by atoms with Crippen molar-refractivity contribution >= 4 is 5.91 Å². The lowest BCUT2D eigenvalue weighted by Crippen LogP contribution is -2.63. The van der Waals surface area contributed by atoms with Crippen LogP contribution in [0.15, 0.2) is 0 Å². The van der Waals surface area contributed by atoms with Crippen LogP contribution in [0.1, 0.15) is 34.1 Å². The van der Waals surface area contributed by atoms with Gasteiger partial charge in [-0.25, -0.2) is 0 Å². The molecule has 0 aromatic heterocycles. The zero-order valence-electron chi connectivity index (χ0n) is 12.0. The van der Waals surface area contributed by atoms with Gasteiger partial charge in [-0.15, -0.1) is 0 Å². The first kappa shape index (κ1) is 15.4. The van der Waals surface area contributed by atoms with Crippen molar-refractivity contribution < 1.29 is 14.3 Å². The van der Waals surface area contributed by atoms with Crippen LogP contribution in [0.4, 0.5) is 0 Å². The predicted octanol–water partition coefficient (Wildman–Crippen LogP) is 0.682. The molecule has 1 aliphatic carbocycles. The molecule has 0 spiro atoms. The summed E-state index contributed by atoms with van der Waals surface area (Å²) in [5.74, 6) is 0.0275. The lowest BCUT2D eigenvalue weighted by Gasteiger charge is -2.44. The molecular formula is C13H26N2O3. The molecule has 2 N–H and O–H groups in total. The minimum Gasteiger partial charge on any atom is -0.377 e. The summed E-state index contributed by atoms with van der Waals surface area (Å²) in [4.78, 5) is 11.8. The quantitative estimate of drug-likeness (QED) is 0.705. The lowest BCUT2D eigenvalue weighted by atomic mass is 9.84. The van der Waals surface area contributed by atoms with E-state index in [1.165, 1.54) is 0 Å². The van der Waals surface area contributed by atoms with Crippen LogP contribution in [0.5, 0.6) is 0 Å². The molecule has 0 aliphatic heterocycles. The summed E-state index contributed by atoms with van der Waals surface area (Å²) in [6.07, 6.45) is 1.09. The third kappa shape index (κ3) is 3.93. The highest BCUT2D eigenvalue weighted by atomic mass is 16.5. The van der Waals surface area contributed by atoms with Gasteiger partial charge in [0.15, 0.2) is 0 Å². The molecule has 0 aromatic carbocycles. The Kier molecular flexibility index (Phi) is 6.05. The number of rotatable bonds is 7. The van der Waals surface area contributed by atoms with Gasteiger partial charge in [0.1, 0.15) is 0 Å². The normalized spacial score (nSPS) is 28.9. The monoisotopic (exact) mass is 258 g/mol. The molecule has 5 heteroatoms. The zero-order valence-corrected chi connectivity index (χ0v) is 12.0. The summed E-state index contributed by atoms with van der Waals surface area (Å²) in [5, 5.41) is 6.19. The number of carbonyl (C=O) groups excluding carboxylic acids is 1. The number of carbonyl (C=O) groups is 1. The van der Waals surface area contributed by atoms with Crippen LogP contribution < -0.4 is 10.6 Å². The molecule has 4 atom stereocenters. The molecule has 1 saturated carbocycles. The Morgan fingerprint density at radius 1 is 1.39 bits per heavy atom. The second kappa shape index (κ2) is 7.07. The largest absolute Gasteiger partial charge is 0.377 e. The first-order valence-corrected chi connectivity index (χ1v) is 6.70. The Morgan fingerprint density at radius 3 is 2.56 bits per heavy atom. The van der Waals surface area contributed by atoms with Crippen molar-refractivity contribution in [1.82, 2.24) is 10.6 Å². The number of hydrogen-bond donors (Lipinski definition) is 2. The van der Waals surface area contributed by atoms with Crippen LogP contribution in [0.25, 0.3) is 0 Å². The fourth-order valence-corrected chi connectivity index (χ4v) is 2.24. The summed E-state index contributed by atoms with van der Waals surface area (Å²) in [7, 11) is 1.68. The second-order valence-corrected chi connectivity index (χ2v) is 5.09. The third-order valence-electron chi connectivity index (χ3n) is 3.19. The summed E-state index contributed by atoms with van der Waals surface area (Å²) in [6, 6.07) is 0.148. The molecule has 1 rings (SSSR count). The fourth-order valence-electron chi connectivity index (χ4n) is 2.24. The van der Waals surface area contributed by atoms with E-state index in [2.05, 4.69) is 10.6 Å². The highest BCUT2D eigenvalue weighted by Crippen LogP contribution is 2.27. The lowest BCUT2D eigenvalue weighted by molar-refractivity contribution is -0.138. The highest BCUT2D eigenvalue weighted by molar-refractivity contribution is 5.81. The Hall–Kier alpha value is -0.650. The molecule has 0 bridgehead atoms. The maximum atomic E-state index is 11.8. The van der Waals surface area contributed by atoms with E-state index >= 15 is 0 Å². The average Bonchev–Trinajstić information content (AvgIpc) is 2.26. The molecule has 0 aromatic rings. The highest BCUT2D eigenvalue weighted by Gasteiger charge is 2.43. The van der Waals surface area contributed by atoms with Crippen molar-refractivity contribution in [3.8, 4) is 0 Å². The molecule has 106 valence electrons. The Morgan fingerprint density at radius 2 is 2.06 bits per heavy atom. The van der Waals surface area contributed by atoms with Gasteiger partial charge < -0.3 is 20.1 Å².